The molecule has 0 spiro atoms. The molecule has 6 heteroatoms. The molecule has 0 aliphatic heterocycles. The maximum absolute atomic E-state index is 13.1. The van der Waals surface area contributed by atoms with Gasteiger partial charge in [-0.3, -0.25) is 9.59 Å². The number of nitrogens with one attached hydrogen (secondary N) is 1. The third kappa shape index (κ3) is 40.8. The van der Waals surface area contributed by atoms with Crippen LogP contribution in [0.25, 0.3) is 0 Å². The van der Waals surface area contributed by atoms with E-state index in [0.717, 1.165) is 77.0 Å². The zero-order chi connectivity index (χ0) is 42.4. The monoisotopic (exact) mass is 816 g/mol. The van der Waals surface area contributed by atoms with Crippen molar-refractivity contribution in [2.75, 3.05) is 6.61 Å². The highest BCUT2D eigenvalue weighted by molar-refractivity contribution is 5.77. The number of carbonyl (C=O) groups is 2. The van der Waals surface area contributed by atoms with Crippen molar-refractivity contribution in [1.82, 2.24) is 5.32 Å². The number of allylic oxidation sites excluding steroid dienone is 6. The summed E-state index contributed by atoms with van der Waals surface area (Å²) in [7, 11) is 0. The van der Waals surface area contributed by atoms with E-state index in [9.17, 15) is 19.8 Å². The van der Waals surface area contributed by atoms with Crippen molar-refractivity contribution in [3.05, 3.63) is 36.5 Å². The van der Waals surface area contributed by atoms with Crippen LogP contribution < -0.4 is 5.32 Å². The van der Waals surface area contributed by atoms with Crippen LogP contribution in [0, 0.1) is 0 Å². The van der Waals surface area contributed by atoms with Crippen molar-refractivity contribution in [2.45, 2.75) is 277 Å². The minimum Gasteiger partial charge on any atom is -0.462 e. The summed E-state index contributed by atoms with van der Waals surface area (Å²) < 4.78 is 5.90. The molecule has 340 valence electrons. The Hall–Kier alpha value is -1.92. The molecule has 6 nitrogen and oxygen atoms in total. The van der Waals surface area contributed by atoms with Crippen LogP contribution in [0.4, 0.5) is 0 Å². The molecule has 0 aromatic heterocycles. The maximum atomic E-state index is 13.1. The lowest BCUT2D eigenvalue weighted by molar-refractivity contribution is -0.151. The molecule has 1 amide bonds. The van der Waals surface area contributed by atoms with Gasteiger partial charge in [0.2, 0.25) is 5.91 Å². The fourth-order valence-corrected chi connectivity index (χ4v) is 7.61. The summed E-state index contributed by atoms with van der Waals surface area (Å²) in [6.45, 7) is 6.43. The lowest BCUT2D eigenvalue weighted by Crippen LogP contribution is -2.46. The van der Waals surface area contributed by atoms with Gasteiger partial charge in [0.1, 0.15) is 6.10 Å². The van der Waals surface area contributed by atoms with E-state index < -0.39 is 18.2 Å². The molecule has 0 fully saturated rings. The van der Waals surface area contributed by atoms with Crippen LogP contribution in [0.3, 0.4) is 0 Å². The molecular formula is C52H97NO5. The molecule has 58 heavy (non-hydrogen) atoms. The number of hydrogen-bond acceptors (Lipinski definition) is 5. The molecule has 0 saturated heterocycles. The Kier molecular flexibility index (Phi) is 44.6. The van der Waals surface area contributed by atoms with E-state index in [0.29, 0.717) is 19.3 Å². The van der Waals surface area contributed by atoms with Crippen molar-refractivity contribution in [2.24, 2.45) is 0 Å². The van der Waals surface area contributed by atoms with Crippen molar-refractivity contribution in [3.8, 4) is 0 Å². The van der Waals surface area contributed by atoms with Gasteiger partial charge in [0.05, 0.1) is 25.2 Å². The molecule has 0 heterocycles. The van der Waals surface area contributed by atoms with Gasteiger partial charge in [-0.25, -0.2) is 0 Å². The maximum Gasteiger partial charge on any atom is 0.306 e. The summed E-state index contributed by atoms with van der Waals surface area (Å²) in [4.78, 5) is 26.0. The predicted octanol–water partition coefficient (Wildman–Crippen LogP) is 14.9. The Labute approximate surface area is 360 Å². The van der Waals surface area contributed by atoms with Crippen LogP contribution >= 0.6 is 0 Å². The second-order valence-corrected chi connectivity index (χ2v) is 17.2. The Bertz CT molecular complexity index is 961. The van der Waals surface area contributed by atoms with E-state index in [1.807, 2.05) is 0 Å². The van der Waals surface area contributed by atoms with Crippen molar-refractivity contribution in [3.63, 3.8) is 0 Å². The highest BCUT2D eigenvalue weighted by atomic mass is 16.5. The summed E-state index contributed by atoms with van der Waals surface area (Å²) in [5.74, 6) is -0.494. The smallest absolute Gasteiger partial charge is 0.306 e. The van der Waals surface area contributed by atoms with Crippen molar-refractivity contribution < 1.29 is 24.5 Å². The molecule has 0 aliphatic rings. The van der Waals surface area contributed by atoms with E-state index in [1.54, 1.807) is 0 Å². The Morgan fingerprint density at radius 3 is 1.36 bits per heavy atom. The first-order chi connectivity index (χ1) is 28.5. The Balaban J connectivity index is 4.45. The molecule has 0 aromatic rings. The number of rotatable bonds is 45. The molecule has 0 saturated carbocycles. The standard InChI is InChI=1S/C52H97NO5/c1-4-7-10-13-16-19-21-23-25-26-27-29-31-33-36-39-42-45-52(57)58-48(43-40-37-34-18-15-12-9-6-3)46-51(56)53-49(47-54)50(55)44-41-38-35-32-30-28-24-22-20-17-14-11-8-5-2/h16,19,23,25,27,29,48-50,54-55H,4-15,17-18,20-22,24,26,28,30-47H2,1-3H3,(H,53,56)/b19-16-,25-23-,29-27-. The van der Waals surface area contributed by atoms with E-state index in [2.05, 4.69) is 62.5 Å². The lowest BCUT2D eigenvalue weighted by Gasteiger charge is -2.24. The largest absolute Gasteiger partial charge is 0.462 e. The Morgan fingerprint density at radius 2 is 0.879 bits per heavy atom. The minimum atomic E-state index is -0.787. The fraction of sp³-hybridized carbons (Fsp3) is 0.846. The quantitative estimate of drug-likeness (QED) is 0.0323. The second kappa shape index (κ2) is 46.2. The van der Waals surface area contributed by atoms with Crippen LogP contribution in [-0.4, -0.2) is 46.9 Å². The molecule has 3 N–H and O–H groups in total. The van der Waals surface area contributed by atoms with Crippen molar-refractivity contribution in [1.29, 1.82) is 0 Å². The number of esters is 1. The van der Waals surface area contributed by atoms with Crippen LogP contribution in [0.2, 0.25) is 0 Å². The number of aliphatic hydroxyl groups is 2. The minimum absolute atomic E-state index is 0.0710. The first-order valence-electron chi connectivity index (χ1n) is 25.2. The van der Waals surface area contributed by atoms with Crippen molar-refractivity contribution >= 4 is 11.9 Å². The average Bonchev–Trinajstić information content (AvgIpc) is 3.22. The number of unbranched alkanes of at least 4 members (excludes halogenated alkanes) is 27. The third-order valence-electron chi connectivity index (χ3n) is 11.5. The van der Waals surface area contributed by atoms with Gasteiger partial charge in [-0.2, -0.15) is 0 Å². The van der Waals surface area contributed by atoms with Gasteiger partial charge in [0.15, 0.2) is 0 Å². The molecule has 3 atom stereocenters. The molecule has 0 aromatic carbocycles. The molecule has 3 unspecified atom stereocenters. The first kappa shape index (κ1) is 56.1. The molecule has 0 aliphatic carbocycles. The number of amides is 1. The van der Waals surface area contributed by atoms with Gasteiger partial charge in [-0.1, -0.05) is 218 Å². The molecule has 0 bridgehead atoms. The van der Waals surface area contributed by atoms with Gasteiger partial charge < -0.3 is 20.3 Å². The molecule has 0 rings (SSSR count). The van der Waals surface area contributed by atoms with E-state index in [1.165, 1.54) is 135 Å². The Morgan fingerprint density at radius 1 is 0.500 bits per heavy atom. The van der Waals surface area contributed by atoms with Gasteiger partial charge in [-0.05, 0) is 64.2 Å². The summed E-state index contributed by atoms with van der Waals surface area (Å²) in [6, 6.07) is -0.701. The average molecular weight is 816 g/mol. The predicted molar refractivity (Wildman–Crippen MR) is 250 cm³/mol. The fourth-order valence-electron chi connectivity index (χ4n) is 7.61. The number of carbonyl (C=O) groups excluding carboxylic acids is 2. The highest BCUT2D eigenvalue weighted by Gasteiger charge is 2.24. The zero-order valence-electron chi connectivity index (χ0n) is 38.7. The lowest BCUT2D eigenvalue weighted by atomic mass is 10.0. The summed E-state index contributed by atoms with van der Waals surface area (Å²) >= 11 is 0. The third-order valence-corrected chi connectivity index (χ3v) is 11.5. The van der Waals surface area contributed by atoms with Gasteiger partial charge in [0.25, 0.3) is 0 Å². The number of aliphatic hydroxyl groups excluding tert-OH is 2. The highest BCUT2D eigenvalue weighted by Crippen LogP contribution is 2.18. The van der Waals surface area contributed by atoms with E-state index in [-0.39, 0.29) is 24.9 Å². The summed E-state index contributed by atoms with van der Waals surface area (Å²) in [6.07, 6.45) is 53.5. The zero-order valence-corrected chi connectivity index (χ0v) is 38.7. The van der Waals surface area contributed by atoms with Gasteiger partial charge >= 0.3 is 5.97 Å². The first-order valence-corrected chi connectivity index (χ1v) is 25.2. The SMILES string of the molecule is CCCCC/C=C\C/C=C\C/C=C\CCCCCCC(=O)OC(CCCCCCCCCC)CC(=O)NC(CO)C(O)CCCCCCCCCCCCCCCC. The van der Waals surface area contributed by atoms with E-state index >= 15 is 0 Å². The summed E-state index contributed by atoms with van der Waals surface area (Å²) in [5, 5.41) is 23.7. The second-order valence-electron chi connectivity index (χ2n) is 17.2. The molecular weight excluding hydrogens is 719 g/mol. The van der Waals surface area contributed by atoms with Crippen LogP contribution in [0.5, 0.6) is 0 Å². The molecule has 0 radical (unpaired) electrons. The van der Waals surface area contributed by atoms with Crippen LogP contribution in [0.15, 0.2) is 36.5 Å². The van der Waals surface area contributed by atoms with Crippen LogP contribution in [0.1, 0.15) is 258 Å². The summed E-state index contributed by atoms with van der Waals surface area (Å²) in [5.41, 5.74) is 0. The normalized spacial score (nSPS) is 13.5. The van der Waals surface area contributed by atoms with Gasteiger partial charge in [-0.15, -0.1) is 0 Å². The number of ether oxygens (including phenoxy) is 1. The van der Waals surface area contributed by atoms with E-state index in [4.69, 9.17) is 4.74 Å². The van der Waals surface area contributed by atoms with Crippen LogP contribution in [-0.2, 0) is 14.3 Å². The topological polar surface area (TPSA) is 95.9 Å². The van der Waals surface area contributed by atoms with Gasteiger partial charge in [0, 0.05) is 6.42 Å². The number of hydrogen-bond donors (Lipinski definition) is 3.